The van der Waals surface area contributed by atoms with Crippen LogP contribution in [0.1, 0.15) is 25.0 Å². The van der Waals surface area contributed by atoms with Gasteiger partial charge >= 0.3 is 0 Å². The van der Waals surface area contributed by atoms with Crippen molar-refractivity contribution in [2.75, 3.05) is 13.1 Å². The molecule has 0 amide bonds. The molecule has 0 spiro atoms. The van der Waals surface area contributed by atoms with E-state index in [-0.39, 0.29) is 5.75 Å². The van der Waals surface area contributed by atoms with Gasteiger partial charge in [-0.15, -0.1) is 0 Å². The summed E-state index contributed by atoms with van der Waals surface area (Å²) in [5.74, 6) is 0.349. The predicted octanol–water partition coefficient (Wildman–Crippen LogP) is 4.48. The summed E-state index contributed by atoms with van der Waals surface area (Å²) in [6.45, 7) is 5.15. The molecule has 0 bridgehead atoms. The second-order valence-electron chi connectivity index (χ2n) is 6.37. The van der Waals surface area contributed by atoms with Gasteiger partial charge in [-0.1, -0.05) is 72.2 Å². The summed E-state index contributed by atoms with van der Waals surface area (Å²) < 4.78 is 28.3. The lowest BCUT2D eigenvalue weighted by Gasteiger charge is -2.24. The Kier molecular flexibility index (Phi) is 7.02. The largest absolute Gasteiger partial charge is 0.218 e. The van der Waals surface area contributed by atoms with E-state index < -0.39 is 10.0 Å². The highest BCUT2D eigenvalue weighted by Crippen LogP contribution is 2.16. The quantitative estimate of drug-likeness (QED) is 0.644. The summed E-state index contributed by atoms with van der Waals surface area (Å²) in [5.41, 5.74) is 1.97. The van der Waals surface area contributed by atoms with E-state index in [1.807, 2.05) is 68.4 Å². The maximum absolute atomic E-state index is 12.8. The summed E-state index contributed by atoms with van der Waals surface area (Å²) in [7, 11) is -3.32. The topological polar surface area (TPSA) is 37.4 Å². The molecule has 0 aliphatic rings. The molecule has 24 heavy (non-hydrogen) atoms. The van der Waals surface area contributed by atoms with Crippen LogP contribution in [0.5, 0.6) is 0 Å². The van der Waals surface area contributed by atoms with Gasteiger partial charge < -0.3 is 0 Å². The Morgan fingerprint density at radius 1 is 0.958 bits per heavy atom. The molecule has 3 nitrogen and oxygen atoms in total. The van der Waals surface area contributed by atoms with Crippen molar-refractivity contribution in [3.63, 3.8) is 0 Å². The van der Waals surface area contributed by atoms with Crippen LogP contribution < -0.4 is 0 Å². The van der Waals surface area contributed by atoms with Gasteiger partial charge in [0, 0.05) is 17.6 Å². The van der Waals surface area contributed by atoms with Crippen molar-refractivity contribution >= 4 is 26.0 Å². The molecular weight excluding hydrogens is 386 g/mol. The van der Waals surface area contributed by atoms with Crippen molar-refractivity contribution in [2.24, 2.45) is 5.92 Å². The van der Waals surface area contributed by atoms with Crippen LogP contribution in [0.25, 0.3) is 0 Å². The third-order valence-corrected chi connectivity index (χ3v) is 6.06. The number of hydrogen-bond acceptors (Lipinski definition) is 2. The standard InChI is InChI=1S/C19H24BrNO2S/c1-16(2)14-21(13-12-17-8-10-19(20)11-9-17)24(22,23)15-18-6-4-3-5-7-18/h3-11,16H,12-15H2,1-2H3. The van der Waals surface area contributed by atoms with Gasteiger partial charge in [0.25, 0.3) is 0 Å². The van der Waals surface area contributed by atoms with Gasteiger partial charge in [0.1, 0.15) is 0 Å². The summed E-state index contributed by atoms with van der Waals surface area (Å²) in [4.78, 5) is 0. The highest BCUT2D eigenvalue weighted by molar-refractivity contribution is 9.10. The summed E-state index contributed by atoms with van der Waals surface area (Å²) >= 11 is 3.42. The molecule has 0 aromatic heterocycles. The fourth-order valence-corrected chi connectivity index (χ4v) is 4.49. The number of benzene rings is 2. The van der Waals surface area contributed by atoms with Crippen molar-refractivity contribution in [3.05, 3.63) is 70.2 Å². The second kappa shape index (κ2) is 8.79. The van der Waals surface area contributed by atoms with E-state index in [0.717, 1.165) is 15.6 Å². The highest BCUT2D eigenvalue weighted by atomic mass is 79.9. The molecule has 0 heterocycles. The molecule has 2 rings (SSSR count). The molecule has 0 unspecified atom stereocenters. The summed E-state index contributed by atoms with van der Waals surface area (Å²) in [6.07, 6.45) is 0.716. The zero-order chi connectivity index (χ0) is 17.6. The molecular formula is C19H24BrNO2S. The van der Waals surface area contributed by atoms with Crippen LogP contribution in [-0.2, 0) is 22.2 Å². The van der Waals surface area contributed by atoms with E-state index in [1.54, 1.807) is 4.31 Å². The van der Waals surface area contributed by atoms with Crippen LogP contribution in [0.4, 0.5) is 0 Å². The van der Waals surface area contributed by atoms with Crippen LogP contribution in [0.2, 0.25) is 0 Å². The van der Waals surface area contributed by atoms with E-state index in [1.165, 1.54) is 0 Å². The predicted molar refractivity (Wildman–Crippen MR) is 103 cm³/mol. The van der Waals surface area contributed by atoms with E-state index in [9.17, 15) is 8.42 Å². The highest BCUT2D eigenvalue weighted by Gasteiger charge is 2.23. The smallest absolute Gasteiger partial charge is 0.212 e. The van der Waals surface area contributed by atoms with Crippen LogP contribution in [0, 0.1) is 5.92 Å². The van der Waals surface area contributed by atoms with Gasteiger partial charge in [-0.3, -0.25) is 0 Å². The van der Waals surface area contributed by atoms with E-state index in [4.69, 9.17) is 0 Å². The van der Waals surface area contributed by atoms with Gasteiger partial charge in [-0.2, -0.15) is 0 Å². The average molecular weight is 410 g/mol. The fourth-order valence-electron chi connectivity index (χ4n) is 2.53. The minimum Gasteiger partial charge on any atom is -0.212 e. The SMILES string of the molecule is CC(C)CN(CCc1ccc(Br)cc1)S(=O)(=O)Cc1ccccc1. The zero-order valence-electron chi connectivity index (χ0n) is 14.2. The van der Waals surface area contributed by atoms with Crippen LogP contribution in [0.15, 0.2) is 59.1 Å². The number of hydrogen-bond donors (Lipinski definition) is 0. The fraction of sp³-hybridized carbons (Fsp3) is 0.368. The second-order valence-corrected chi connectivity index (χ2v) is 9.25. The molecule has 2 aromatic carbocycles. The molecule has 0 aliphatic heterocycles. The van der Waals surface area contributed by atoms with Crippen molar-refractivity contribution in [3.8, 4) is 0 Å². The molecule has 0 N–H and O–H groups in total. The van der Waals surface area contributed by atoms with Crippen molar-refractivity contribution in [1.29, 1.82) is 0 Å². The van der Waals surface area contributed by atoms with Crippen LogP contribution >= 0.6 is 15.9 Å². The first kappa shape index (κ1) is 19.2. The van der Waals surface area contributed by atoms with Gasteiger partial charge in [0.05, 0.1) is 5.75 Å². The minimum absolute atomic E-state index is 0.0564. The Labute approximate surface area is 153 Å². The van der Waals surface area contributed by atoms with Crippen LogP contribution in [0.3, 0.4) is 0 Å². The Bertz CT molecular complexity index is 728. The lowest BCUT2D eigenvalue weighted by Crippen LogP contribution is -2.36. The number of halogens is 1. The first-order valence-electron chi connectivity index (χ1n) is 8.13. The number of rotatable bonds is 8. The molecule has 0 fully saturated rings. The third-order valence-electron chi connectivity index (χ3n) is 3.72. The molecule has 130 valence electrons. The normalized spacial score (nSPS) is 12.0. The van der Waals surface area contributed by atoms with Gasteiger partial charge in [-0.25, -0.2) is 12.7 Å². The molecule has 0 aliphatic carbocycles. The Morgan fingerprint density at radius 2 is 1.58 bits per heavy atom. The monoisotopic (exact) mass is 409 g/mol. The van der Waals surface area contributed by atoms with E-state index >= 15 is 0 Å². The molecule has 0 atom stereocenters. The summed E-state index contributed by atoms with van der Waals surface area (Å²) in [5, 5.41) is 0. The average Bonchev–Trinajstić information content (AvgIpc) is 2.53. The van der Waals surface area contributed by atoms with Crippen molar-refractivity contribution in [1.82, 2.24) is 4.31 Å². The Hall–Kier alpha value is -1.17. The zero-order valence-corrected chi connectivity index (χ0v) is 16.6. The molecule has 2 aromatic rings. The van der Waals surface area contributed by atoms with E-state index in [0.29, 0.717) is 25.4 Å². The first-order chi connectivity index (χ1) is 11.4. The minimum atomic E-state index is -3.32. The molecule has 0 saturated carbocycles. The maximum Gasteiger partial charge on any atom is 0.218 e. The van der Waals surface area contributed by atoms with Gasteiger partial charge in [0.15, 0.2) is 0 Å². The lowest BCUT2D eigenvalue weighted by atomic mass is 10.1. The molecule has 0 saturated heterocycles. The van der Waals surface area contributed by atoms with E-state index in [2.05, 4.69) is 15.9 Å². The number of sulfonamides is 1. The Morgan fingerprint density at radius 3 is 2.17 bits per heavy atom. The number of nitrogens with zero attached hydrogens (tertiary/aromatic N) is 1. The third kappa shape index (κ3) is 6.04. The molecule has 5 heteroatoms. The van der Waals surface area contributed by atoms with Crippen molar-refractivity contribution in [2.45, 2.75) is 26.0 Å². The van der Waals surface area contributed by atoms with Crippen LogP contribution in [-0.4, -0.2) is 25.8 Å². The van der Waals surface area contributed by atoms with Gasteiger partial charge in [0.2, 0.25) is 10.0 Å². The van der Waals surface area contributed by atoms with Crippen molar-refractivity contribution < 1.29 is 8.42 Å². The first-order valence-corrected chi connectivity index (χ1v) is 10.5. The Balaban J connectivity index is 2.09. The lowest BCUT2D eigenvalue weighted by molar-refractivity contribution is 0.369. The maximum atomic E-state index is 12.8. The van der Waals surface area contributed by atoms with Gasteiger partial charge in [-0.05, 0) is 35.6 Å². The summed E-state index contributed by atoms with van der Waals surface area (Å²) in [6, 6.07) is 17.4. The molecule has 0 radical (unpaired) electrons.